The number of carbonyl (C=O) groups excluding carboxylic acids is 2. The van der Waals surface area contributed by atoms with E-state index < -0.39 is 40.1 Å². The van der Waals surface area contributed by atoms with Crippen LogP contribution in [0.25, 0.3) is 11.1 Å². The minimum Gasteiger partial charge on any atom is -0.475 e. The summed E-state index contributed by atoms with van der Waals surface area (Å²) in [6, 6.07) is 19.0. The number of rotatable bonds is 9. The van der Waals surface area contributed by atoms with E-state index in [4.69, 9.17) is 25.6 Å². The van der Waals surface area contributed by atoms with E-state index in [1.807, 2.05) is 18.2 Å². The second-order valence-corrected chi connectivity index (χ2v) is 9.96. The smallest absolute Gasteiger partial charge is 0.475 e. The van der Waals surface area contributed by atoms with E-state index in [0.29, 0.717) is 16.7 Å². The average Bonchev–Trinajstić information content (AvgIpc) is 2.92. The fraction of sp³-hybridized carbons (Fsp3) is 0.185. The quantitative estimate of drug-likeness (QED) is 0.123. The zero-order chi connectivity index (χ0) is 31.5. The number of hydrogen-bond donors (Lipinski definition) is 4. The van der Waals surface area contributed by atoms with Crippen molar-refractivity contribution in [3.8, 4) is 11.1 Å². The molecule has 0 radical (unpaired) electrons. The Morgan fingerprint density at radius 2 is 1.67 bits per heavy atom. The van der Waals surface area contributed by atoms with Gasteiger partial charge in [0.2, 0.25) is 10.0 Å². The summed E-state index contributed by atoms with van der Waals surface area (Å²) in [4.78, 5) is 34.4. The second-order valence-electron chi connectivity index (χ2n) is 8.43. The Kier molecular flexibility index (Phi) is 11.7. The number of hydrogen-bond acceptors (Lipinski definition) is 8. The predicted molar refractivity (Wildman–Crippen MR) is 147 cm³/mol. The van der Waals surface area contributed by atoms with Crippen molar-refractivity contribution in [3.63, 3.8) is 0 Å². The van der Waals surface area contributed by atoms with Gasteiger partial charge in [0.05, 0.1) is 17.7 Å². The maximum Gasteiger partial charge on any atom is 0.490 e. The number of carbonyl (C=O) groups is 3. The number of amides is 1. The minimum atomic E-state index is -5.08. The van der Waals surface area contributed by atoms with Crippen molar-refractivity contribution >= 4 is 34.1 Å². The second kappa shape index (κ2) is 14.7. The molecule has 3 rings (SSSR count). The summed E-state index contributed by atoms with van der Waals surface area (Å²) in [6.07, 6.45) is -3.40. The molecular formula is C27H27F3N4O7S. The number of nitrogens with one attached hydrogen (secondary N) is 1. The van der Waals surface area contributed by atoms with E-state index in [2.05, 4.69) is 10.4 Å². The van der Waals surface area contributed by atoms with Gasteiger partial charge in [-0.3, -0.25) is 4.79 Å². The number of ether oxygens (including phenoxy) is 1. The molecule has 224 valence electrons. The first-order chi connectivity index (χ1) is 19.7. The van der Waals surface area contributed by atoms with Gasteiger partial charge in [-0.25, -0.2) is 23.1 Å². The standard InChI is InChI=1S/C25H26N4O5S.C2HF3O2/c1-2-34-25(31)22(15-17-6-5-7-18(14-17)16-28-26)29-24(30)20-12-10-19(11-13-20)21-8-3-4-9-23(21)35(27,32)33;3-2(4,5)1(6)7/h3-14,16,22H,2,15,26H2,1H3,(H,29,30)(H2,27,32,33);(H,6,7)/t22-;/m0./s1. The van der Waals surface area contributed by atoms with Gasteiger partial charge in [0.25, 0.3) is 5.91 Å². The predicted octanol–water partition coefficient (Wildman–Crippen LogP) is 2.83. The first-order valence-electron chi connectivity index (χ1n) is 12.0. The van der Waals surface area contributed by atoms with Gasteiger partial charge in [-0.15, -0.1) is 0 Å². The van der Waals surface area contributed by atoms with E-state index >= 15 is 0 Å². The van der Waals surface area contributed by atoms with Crippen LogP contribution in [0.2, 0.25) is 0 Å². The van der Waals surface area contributed by atoms with E-state index in [-0.39, 0.29) is 17.9 Å². The summed E-state index contributed by atoms with van der Waals surface area (Å²) in [5.41, 5.74) is 2.84. The number of primary sulfonamides is 1. The zero-order valence-electron chi connectivity index (χ0n) is 22.0. The number of aliphatic carboxylic acids is 1. The Morgan fingerprint density at radius 3 is 2.21 bits per heavy atom. The molecule has 0 spiro atoms. The highest BCUT2D eigenvalue weighted by Gasteiger charge is 2.38. The third kappa shape index (κ3) is 10.0. The number of carboxylic acids is 1. The first-order valence-corrected chi connectivity index (χ1v) is 13.5. The van der Waals surface area contributed by atoms with E-state index in [1.54, 1.807) is 55.5 Å². The number of carboxylic acid groups (broad SMARTS) is 1. The number of hydrazone groups is 1. The van der Waals surface area contributed by atoms with Crippen molar-refractivity contribution in [2.75, 3.05) is 6.61 Å². The van der Waals surface area contributed by atoms with E-state index in [1.165, 1.54) is 12.3 Å². The van der Waals surface area contributed by atoms with Crippen LogP contribution >= 0.6 is 0 Å². The highest BCUT2D eigenvalue weighted by Crippen LogP contribution is 2.26. The van der Waals surface area contributed by atoms with Crippen molar-refractivity contribution in [3.05, 3.63) is 89.5 Å². The summed E-state index contributed by atoms with van der Waals surface area (Å²) in [5, 5.41) is 18.7. The number of esters is 1. The summed E-state index contributed by atoms with van der Waals surface area (Å²) in [7, 11) is -3.92. The lowest BCUT2D eigenvalue weighted by atomic mass is 10.0. The summed E-state index contributed by atoms with van der Waals surface area (Å²) in [6.45, 7) is 1.86. The highest BCUT2D eigenvalue weighted by molar-refractivity contribution is 7.89. The highest BCUT2D eigenvalue weighted by atomic mass is 32.2. The molecule has 0 aliphatic carbocycles. The molecule has 1 atom stereocenters. The van der Waals surface area contributed by atoms with Gasteiger partial charge in [-0.05, 0) is 41.8 Å². The molecule has 6 N–H and O–H groups in total. The maximum atomic E-state index is 12.9. The molecule has 0 heterocycles. The summed E-state index contributed by atoms with van der Waals surface area (Å²) < 4.78 is 60.7. The van der Waals surface area contributed by atoms with Crippen LogP contribution in [-0.4, -0.2) is 56.4 Å². The lowest BCUT2D eigenvalue weighted by molar-refractivity contribution is -0.192. The van der Waals surface area contributed by atoms with Crippen LogP contribution in [0.1, 0.15) is 28.4 Å². The maximum absolute atomic E-state index is 12.9. The van der Waals surface area contributed by atoms with Crippen LogP contribution < -0.4 is 16.3 Å². The number of sulfonamides is 1. The molecule has 11 nitrogen and oxygen atoms in total. The fourth-order valence-corrected chi connectivity index (χ4v) is 4.31. The molecule has 0 aromatic heterocycles. The van der Waals surface area contributed by atoms with Crippen molar-refractivity contribution in [2.24, 2.45) is 16.1 Å². The van der Waals surface area contributed by atoms with Crippen LogP contribution in [0.3, 0.4) is 0 Å². The normalized spacial score (nSPS) is 12.1. The Balaban J connectivity index is 0.000000782. The van der Waals surface area contributed by atoms with Crippen LogP contribution in [-0.2, 0) is 30.8 Å². The van der Waals surface area contributed by atoms with Gasteiger partial charge >= 0.3 is 18.1 Å². The Morgan fingerprint density at radius 1 is 1.05 bits per heavy atom. The summed E-state index contributed by atoms with van der Waals surface area (Å²) >= 11 is 0. The molecule has 15 heteroatoms. The average molecular weight is 609 g/mol. The van der Waals surface area contributed by atoms with Gasteiger partial charge < -0.3 is 21.0 Å². The molecule has 1 amide bonds. The Bertz CT molecular complexity index is 1540. The molecule has 0 unspecified atom stereocenters. The van der Waals surface area contributed by atoms with Crippen molar-refractivity contribution in [1.29, 1.82) is 0 Å². The molecule has 3 aromatic rings. The molecule has 0 aliphatic heterocycles. The zero-order valence-corrected chi connectivity index (χ0v) is 22.9. The third-order valence-electron chi connectivity index (χ3n) is 5.39. The lowest BCUT2D eigenvalue weighted by Gasteiger charge is -2.18. The fourth-order valence-electron chi connectivity index (χ4n) is 3.55. The van der Waals surface area contributed by atoms with Gasteiger partial charge in [-0.2, -0.15) is 18.3 Å². The lowest BCUT2D eigenvalue weighted by Crippen LogP contribution is -2.43. The number of nitrogens with zero attached hydrogens (tertiary/aromatic N) is 1. The van der Waals surface area contributed by atoms with Crippen LogP contribution in [0, 0.1) is 0 Å². The number of halogens is 3. The van der Waals surface area contributed by atoms with Crippen molar-refractivity contribution in [1.82, 2.24) is 5.32 Å². The Hall–Kier alpha value is -4.76. The molecule has 0 saturated carbocycles. The third-order valence-corrected chi connectivity index (χ3v) is 6.35. The molecule has 0 fully saturated rings. The first kappa shape index (κ1) is 33.4. The van der Waals surface area contributed by atoms with Gasteiger partial charge in [-0.1, -0.05) is 54.6 Å². The minimum absolute atomic E-state index is 0.0125. The molecule has 0 aliphatic rings. The summed E-state index contributed by atoms with van der Waals surface area (Å²) in [5.74, 6) is 1.42. The molecule has 3 aromatic carbocycles. The number of nitrogens with two attached hydrogens (primary N) is 2. The van der Waals surface area contributed by atoms with Gasteiger partial charge in [0, 0.05) is 17.5 Å². The van der Waals surface area contributed by atoms with E-state index in [9.17, 15) is 31.2 Å². The van der Waals surface area contributed by atoms with Gasteiger partial charge in [0.1, 0.15) is 6.04 Å². The Labute approximate surface area is 239 Å². The molecule has 0 bridgehead atoms. The molecular weight excluding hydrogens is 581 g/mol. The van der Waals surface area contributed by atoms with Crippen LogP contribution in [0.4, 0.5) is 13.2 Å². The van der Waals surface area contributed by atoms with Crippen molar-refractivity contribution < 1.29 is 45.8 Å². The molecule has 0 saturated heterocycles. The monoisotopic (exact) mass is 608 g/mol. The van der Waals surface area contributed by atoms with Crippen LogP contribution in [0.15, 0.2) is 82.8 Å². The topological polar surface area (TPSA) is 191 Å². The molecule has 42 heavy (non-hydrogen) atoms. The van der Waals surface area contributed by atoms with Crippen molar-refractivity contribution in [2.45, 2.75) is 30.5 Å². The van der Waals surface area contributed by atoms with E-state index in [0.717, 1.165) is 11.1 Å². The number of alkyl halides is 3. The largest absolute Gasteiger partial charge is 0.490 e. The SMILES string of the molecule is CCOC(=O)[C@H](Cc1cccc(C=NN)c1)NC(=O)c1ccc(-c2ccccc2S(N)(=O)=O)cc1.O=C(O)C(F)(F)F. The van der Waals surface area contributed by atoms with Gasteiger partial charge in [0.15, 0.2) is 0 Å². The van der Waals surface area contributed by atoms with Crippen LogP contribution in [0.5, 0.6) is 0 Å². The number of benzene rings is 3.